The van der Waals surface area contributed by atoms with Gasteiger partial charge < -0.3 is 9.47 Å². The molecule has 0 N–H and O–H groups in total. The number of hydrogen-bond donors (Lipinski definition) is 0. The predicted molar refractivity (Wildman–Crippen MR) is 171 cm³/mol. The Morgan fingerprint density at radius 1 is 0.550 bits per heavy atom. The Morgan fingerprint density at radius 3 is 1.62 bits per heavy atom. The monoisotopic (exact) mass is 548 g/mol. The molecule has 40 heavy (non-hydrogen) atoms. The number of ether oxygens (including phenoxy) is 2. The second kappa shape index (κ2) is 8.95. The fourth-order valence-electron chi connectivity index (χ4n) is 5.90. The Hall–Kier alpha value is -3.09. The molecule has 206 valence electrons. The first-order valence-electron chi connectivity index (χ1n) is 14.4. The number of benzene rings is 4. The highest BCUT2D eigenvalue weighted by Gasteiger charge is 2.41. The van der Waals surface area contributed by atoms with Gasteiger partial charge in [0.25, 0.3) is 0 Å². The second-order valence-electron chi connectivity index (χ2n) is 14.2. The zero-order chi connectivity index (χ0) is 28.8. The van der Waals surface area contributed by atoms with E-state index >= 15 is 0 Å². The van der Waals surface area contributed by atoms with E-state index in [1.54, 1.807) is 0 Å². The summed E-state index contributed by atoms with van der Waals surface area (Å²) in [6, 6.07) is 24.8. The fraction of sp³-hybridized carbons (Fsp3) is 0.351. The molecule has 0 atom stereocenters. The molecule has 2 heterocycles. The first kappa shape index (κ1) is 27.1. The van der Waals surface area contributed by atoms with Crippen LogP contribution in [0.25, 0.3) is 0 Å². The van der Waals surface area contributed by atoms with Crippen molar-refractivity contribution in [1.29, 1.82) is 0 Å². The van der Waals surface area contributed by atoms with Crippen LogP contribution >= 0.6 is 7.92 Å². The molecule has 0 unspecified atom stereocenters. The van der Waals surface area contributed by atoms with Crippen LogP contribution in [0.4, 0.5) is 0 Å². The quantitative estimate of drug-likeness (QED) is 0.194. The summed E-state index contributed by atoms with van der Waals surface area (Å²) < 4.78 is 13.5. The molecule has 0 saturated carbocycles. The molecule has 0 fully saturated rings. The van der Waals surface area contributed by atoms with Gasteiger partial charge in [0.05, 0.1) is 0 Å². The van der Waals surface area contributed by atoms with Gasteiger partial charge in [-0.25, -0.2) is 0 Å². The van der Waals surface area contributed by atoms with Crippen LogP contribution in [0.15, 0.2) is 66.7 Å². The van der Waals surface area contributed by atoms with Gasteiger partial charge in [0.1, 0.15) is 23.0 Å². The van der Waals surface area contributed by atoms with E-state index in [0.29, 0.717) is 0 Å². The maximum Gasteiger partial charge on any atom is 0.139 e. The third kappa shape index (κ3) is 4.36. The summed E-state index contributed by atoms with van der Waals surface area (Å²) in [6.45, 7) is 22.8. The van der Waals surface area contributed by atoms with Crippen molar-refractivity contribution >= 4 is 23.8 Å². The lowest BCUT2D eigenvalue weighted by Gasteiger charge is -2.40. The normalized spacial score (nSPS) is 15.8. The lowest BCUT2D eigenvalue weighted by Crippen LogP contribution is -2.33. The van der Waals surface area contributed by atoms with Crippen molar-refractivity contribution in [2.75, 3.05) is 0 Å². The fourth-order valence-corrected chi connectivity index (χ4v) is 8.66. The third-order valence-corrected chi connectivity index (χ3v) is 11.0. The smallest absolute Gasteiger partial charge is 0.139 e. The minimum absolute atomic E-state index is 0.0140. The maximum absolute atomic E-state index is 7.00. The first-order chi connectivity index (χ1) is 18.6. The van der Waals surface area contributed by atoms with Crippen LogP contribution in [0.2, 0.25) is 0 Å². The molecule has 4 aromatic carbocycles. The average Bonchev–Trinajstić information content (AvgIpc) is 2.86. The van der Waals surface area contributed by atoms with E-state index in [9.17, 15) is 0 Å². The van der Waals surface area contributed by atoms with E-state index in [4.69, 9.17) is 9.47 Å². The number of rotatable bonds is 1. The lowest BCUT2D eigenvalue weighted by molar-refractivity contribution is 0.418. The molecule has 0 spiro atoms. The average molecular weight is 549 g/mol. The van der Waals surface area contributed by atoms with Gasteiger partial charge in [-0.2, -0.15) is 0 Å². The highest BCUT2D eigenvalue weighted by Crippen LogP contribution is 2.54. The SMILES string of the molecule is Cc1ccc2c(c1)P(c1cc(C(C)(C)C)cc3c1Oc1ccc(C(C)(C)C)cc1C3(C)C)c1cc(C)ccc1O2. The Kier molecular flexibility index (Phi) is 6.07. The van der Waals surface area contributed by atoms with Crippen molar-refractivity contribution in [3.63, 3.8) is 0 Å². The third-order valence-electron chi connectivity index (χ3n) is 8.51. The maximum atomic E-state index is 7.00. The minimum atomic E-state index is -0.914. The Bertz CT molecular complexity index is 1610. The number of aryl methyl sites for hydroxylation is 2. The van der Waals surface area contributed by atoms with Gasteiger partial charge in [0, 0.05) is 32.5 Å². The van der Waals surface area contributed by atoms with E-state index in [1.165, 1.54) is 49.3 Å². The van der Waals surface area contributed by atoms with Gasteiger partial charge >= 0.3 is 0 Å². The van der Waals surface area contributed by atoms with Crippen LogP contribution in [0.1, 0.15) is 88.8 Å². The van der Waals surface area contributed by atoms with Crippen molar-refractivity contribution in [3.05, 3.63) is 100 Å². The molecular weight excluding hydrogens is 507 g/mol. The summed E-state index contributed by atoms with van der Waals surface area (Å²) in [4.78, 5) is 0. The molecule has 0 amide bonds. The summed E-state index contributed by atoms with van der Waals surface area (Å²) >= 11 is 0. The summed E-state index contributed by atoms with van der Waals surface area (Å²) in [6.07, 6.45) is 0. The van der Waals surface area contributed by atoms with Gasteiger partial charge in [0.15, 0.2) is 0 Å². The van der Waals surface area contributed by atoms with Crippen LogP contribution in [-0.2, 0) is 16.2 Å². The summed E-state index contributed by atoms with van der Waals surface area (Å²) in [7, 11) is -0.914. The van der Waals surface area contributed by atoms with E-state index in [2.05, 4.69) is 136 Å². The molecule has 3 heteroatoms. The van der Waals surface area contributed by atoms with Crippen LogP contribution in [0.3, 0.4) is 0 Å². The van der Waals surface area contributed by atoms with E-state index in [0.717, 1.165) is 23.0 Å². The topological polar surface area (TPSA) is 18.5 Å². The minimum Gasteiger partial charge on any atom is -0.456 e. The van der Waals surface area contributed by atoms with Crippen molar-refractivity contribution in [2.24, 2.45) is 0 Å². The Labute approximate surface area is 241 Å². The van der Waals surface area contributed by atoms with Gasteiger partial charge in [-0.15, -0.1) is 0 Å². The standard InChI is InChI=1S/C37H41O2P/c1-22-11-14-29-31(17-22)40(32-18-23(2)12-15-30(32)38-29)33-21-25(36(6,7)8)20-27-34(33)39-28-16-13-24(35(3,4)5)19-26(28)37(27,9)10/h11-21H,1-10H3. The van der Waals surface area contributed by atoms with Crippen LogP contribution in [-0.4, -0.2) is 0 Å². The van der Waals surface area contributed by atoms with E-state index in [1.807, 2.05) is 0 Å². The van der Waals surface area contributed by atoms with Gasteiger partial charge in [-0.3, -0.25) is 0 Å². The molecule has 0 aliphatic carbocycles. The Balaban J connectivity index is 1.67. The van der Waals surface area contributed by atoms with Crippen molar-refractivity contribution in [1.82, 2.24) is 0 Å². The van der Waals surface area contributed by atoms with E-state index < -0.39 is 7.92 Å². The predicted octanol–water partition coefficient (Wildman–Crippen LogP) is 9.19. The number of hydrogen-bond acceptors (Lipinski definition) is 2. The molecule has 2 aliphatic heterocycles. The molecule has 6 rings (SSSR count). The molecule has 4 aromatic rings. The summed E-state index contributed by atoms with van der Waals surface area (Å²) in [5, 5.41) is 3.80. The number of fused-ring (bicyclic) bond motifs is 4. The van der Waals surface area contributed by atoms with Crippen LogP contribution in [0.5, 0.6) is 23.0 Å². The zero-order valence-electron chi connectivity index (χ0n) is 25.6. The molecule has 2 nitrogen and oxygen atoms in total. The Morgan fingerprint density at radius 2 is 1.07 bits per heavy atom. The molecular formula is C37H41O2P. The van der Waals surface area contributed by atoms with Crippen molar-refractivity contribution in [2.45, 2.75) is 85.5 Å². The molecule has 0 saturated heterocycles. The second-order valence-corrected chi connectivity index (χ2v) is 16.3. The lowest BCUT2D eigenvalue weighted by atomic mass is 9.72. The molecule has 0 bridgehead atoms. The van der Waals surface area contributed by atoms with Crippen LogP contribution in [0, 0.1) is 13.8 Å². The zero-order valence-corrected chi connectivity index (χ0v) is 26.5. The highest BCUT2D eigenvalue weighted by molar-refractivity contribution is 7.80. The van der Waals surface area contributed by atoms with Gasteiger partial charge in [-0.1, -0.05) is 96.8 Å². The van der Waals surface area contributed by atoms with Gasteiger partial charge in [-0.05, 0) is 80.1 Å². The van der Waals surface area contributed by atoms with Crippen molar-refractivity contribution < 1.29 is 9.47 Å². The van der Waals surface area contributed by atoms with Crippen molar-refractivity contribution in [3.8, 4) is 23.0 Å². The van der Waals surface area contributed by atoms with Gasteiger partial charge in [0.2, 0.25) is 0 Å². The largest absolute Gasteiger partial charge is 0.456 e. The molecule has 0 radical (unpaired) electrons. The van der Waals surface area contributed by atoms with Crippen LogP contribution < -0.4 is 25.4 Å². The molecule has 0 aromatic heterocycles. The first-order valence-corrected chi connectivity index (χ1v) is 15.7. The molecule has 2 aliphatic rings. The summed E-state index contributed by atoms with van der Waals surface area (Å²) in [5.41, 5.74) is 7.53. The van der Waals surface area contributed by atoms with E-state index in [-0.39, 0.29) is 16.2 Å². The summed E-state index contributed by atoms with van der Waals surface area (Å²) in [5.74, 6) is 3.89. The highest BCUT2D eigenvalue weighted by atomic mass is 31.1.